The van der Waals surface area contributed by atoms with Crippen LogP contribution < -0.4 is 10.6 Å². The normalized spacial score (nSPS) is 17.2. The summed E-state index contributed by atoms with van der Waals surface area (Å²) in [4.78, 5) is 12.2. The summed E-state index contributed by atoms with van der Waals surface area (Å²) in [6, 6.07) is 7.85. The minimum atomic E-state index is -0.265. The Morgan fingerprint density at radius 2 is 2.22 bits per heavy atom. The molecular weight excluding hydrogens is 337 g/mol. The van der Waals surface area contributed by atoms with Crippen LogP contribution in [0, 0.1) is 0 Å². The Kier molecular flexibility index (Phi) is 7.85. The molecule has 0 aliphatic carbocycles. The van der Waals surface area contributed by atoms with Gasteiger partial charge in [0.1, 0.15) is 6.04 Å². The number of ether oxygens (including phenoxy) is 1. The summed E-state index contributed by atoms with van der Waals surface area (Å²) in [5, 5.41) is 7.26. The number of anilines is 1. The first-order valence-corrected chi connectivity index (χ1v) is 7.49. The highest BCUT2D eigenvalue weighted by atomic mass is 35.5. The van der Waals surface area contributed by atoms with Crippen molar-refractivity contribution in [2.24, 2.45) is 0 Å². The van der Waals surface area contributed by atoms with E-state index in [0.717, 1.165) is 30.6 Å². The second-order valence-electron chi connectivity index (χ2n) is 5.35. The first kappa shape index (κ1) is 19.8. The topological polar surface area (TPSA) is 55.3 Å². The summed E-state index contributed by atoms with van der Waals surface area (Å²) in [5.41, 5.74) is 2.03. The van der Waals surface area contributed by atoms with Gasteiger partial charge in [-0.1, -0.05) is 6.92 Å². The zero-order valence-corrected chi connectivity index (χ0v) is 14.7. The molecule has 7 heteroatoms. The van der Waals surface area contributed by atoms with Gasteiger partial charge in [-0.25, -0.2) is 0 Å². The highest BCUT2D eigenvalue weighted by Crippen LogP contribution is 2.21. The molecule has 23 heavy (non-hydrogen) atoms. The minimum absolute atomic E-state index is 0. The quantitative estimate of drug-likeness (QED) is 0.882. The number of nitrogens with zero attached hydrogens (tertiary/aromatic N) is 1. The summed E-state index contributed by atoms with van der Waals surface area (Å²) in [6.45, 7) is 5.00. The highest BCUT2D eigenvalue weighted by molar-refractivity contribution is 5.97. The van der Waals surface area contributed by atoms with Gasteiger partial charge in [0.2, 0.25) is 5.91 Å². The molecule has 0 spiro atoms. The van der Waals surface area contributed by atoms with Crippen molar-refractivity contribution in [1.82, 2.24) is 9.88 Å². The fourth-order valence-electron chi connectivity index (χ4n) is 2.68. The van der Waals surface area contributed by atoms with Gasteiger partial charge in [0, 0.05) is 35.9 Å². The Hall–Kier alpha value is -1.27. The van der Waals surface area contributed by atoms with Crippen molar-refractivity contribution < 1.29 is 9.53 Å². The third-order valence-electron chi connectivity index (χ3n) is 3.74. The van der Waals surface area contributed by atoms with E-state index >= 15 is 0 Å². The van der Waals surface area contributed by atoms with E-state index in [1.165, 1.54) is 5.52 Å². The second kappa shape index (κ2) is 9.13. The van der Waals surface area contributed by atoms with Crippen molar-refractivity contribution in [3.8, 4) is 0 Å². The minimum Gasteiger partial charge on any atom is -0.378 e. The van der Waals surface area contributed by atoms with Crippen LogP contribution in [-0.2, 0) is 16.1 Å². The van der Waals surface area contributed by atoms with Gasteiger partial charge in [-0.2, -0.15) is 0 Å². The Morgan fingerprint density at radius 1 is 1.39 bits per heavy atom. The molecule has 1 saturated heterocycles. The van der Waals surface area contributed by atoms with Crippen LogP contribution in [0.5, 0.6) is 0 Å². The molecule has 1 aromatic carbocycles. The van der Waals surface area contributed by atoms with Crippen LogP contribution in [0.3, 0.4) is 0 Å². The van der Waals surface area contributed by atoms with Crippen LogP contribution in [0.4, 0.5) is 5.69 Å². The third-order valence-corrected chi connectivity index (χ3v) is 3.74. The number of aryl methyl sites for hydroxylation is 1. The van der Waals surface area contributed by atoms with Crippen LogP contribution >= 0.6 is 24.8 Å². The van der Waals surface area contributed by atoms with Gasteiger partial charge < -0.3 is 19.9 Å². The van der Waals surface area contributed by atoms with E-state index in [2.05, 4.69) is 40.5 Å². The van der Waals surface area contributed by atoms with E-state index in [4.69, 9.17) is 4.74 Å². The molecule has 1 fully saturated rings. The molecule has 0 radical (unpaired) electrons. The number of benzene rings is 1. The molecule has 128 valence electrons. The molecule has 1 unspecified atom stereocenters. The molecular formula is C16H23Cl2N3O2. The summed E-state index contributed by atoms with van der Waals surface area (Å²) in [5.74, 6) is -0.0398. The molecule has 1 amide bonds. The molecule has 1 aliphatic heterocycles. The fraction of sp³-hybridized carbons (Fsp3) is 0.438. The van der Waals surface area contributed by atoms with E-state index in [0.29, 0.717) is 13.2 Å². The number of carbonyl (C=O) groups excluding carboxylic acids is 1. The van der Waals surface area contributed by atoms with Gasteiger partial charge in [0.25, 0.3) is 0 Å². The zero-order chi connectivity index (χ0) is 14.7. The van der Waals surface area contributed by atoms with Gasteiger partial charge in [0.15, 0.2) is 0 Å². The lowest BCUT2D eigenvalue weighted by atomic mass is 10.2. The average molecular weight is 360 g/mol. The molecule has 0 bridgehead atoms. The molecule has 2 aromatic rings. The number of hydrogen-bond donors (Lipinski definition) is 2. The summed E-state index contributed by atoms with van der Waals surface area (Å²) >= 11 is 0. The monoisotopic (exact) mass is 359 g/mol. The van der Waals surface area contributed by atoms with Crippen molar-refractivity contribution in [3.05, 3.63) is 30.5 Å². The smallest absolute Gasteiger partial charge is 0.243 e. The maximum atomic E-state index is 12.2. The predicted octanol–water partition coefficient (Wildman–Crippen LogP) is 2.82. The van der Waals surface area contributed by atoms with Crippen molar-refractivity contribution in [1.29, 1.82) is 0 Å². The number of fused-ring (bicyclic) bond motifs is 1. The maximum absolute atomic E-state index is 12.2. The average Bonchev–Trinajstić information content (AvgIpc) is 2.91. The van der Waals surface area contributed by atoms with Crippen LogP contribution in [0.1, 0.15) is 13.3 Å². The number of rotatable bonds is 4. The third kappa shape index (κ3) is 4.61. The van der Waals surface area contributed by atoms with Crippen LogP contribution in [-0.4, -0.2) is 36.3 Å². The van der Waals surface area contributed by atoms with Gasteiger partial charge in [-0.3, -0.25) is 4.79 Å². The standard InChI is InChI=1S/C16H21N3O2.2ClH/c1-2-7-19-8-5-12-10-13(3-4-15(12)19)18-16(20)14-11-21-9-6-17-14;;/h3-5,8,10,14,17H,2,6-7,9,11H2,1H3,(H,18,20);2*1H. The lowest BCUT2D eigenvalue weighted by Gasteiger charge is -2.22. The van der Waals surface area contributed by atoms with E-state index in [-0.39, 0.29) is 36.8 Å². The second-order valence-corrected chi connectivity index (χ2v) is 5.35. The van der Waals surface area contributed by atoms with Crippen LogP contribution in [0.2, 0.25) is 0 Å². The summed E-state index contributed by atoms with van der Waals surface area (Å²) in [7, 11) is 0. The number of hydrogen-bond acceptors (Lipinski definition) is 3. The fourth-order valence-corrected chi connectivity index (χ4v) is 2.68. The van der Waals surface area contributed by atoms with Crippen molar-refractivity contribution >= 4 is 47.3 Å². The van der Waals surface area contributed by atoms with Crippen molar-refractivity contribution in [3.63, 3.8) is 0 Å². The largest absolute Gasteiger partial charge is 0.378 e. The van der Waals surface area contributed by atoms with Gasteiger partial charge in [-0.05, 0) is 30.7 Å². The molecule has 1 aliphatic rings. The number of aromatic nitrogens is 1. The van der Waals surface area contributed by atoms with E-state index in [9.17, 15) is 4.79 Å². The SMILES string of the molecule is CCCn1ccc2cc(NC(=O)C3COCCN3)ccc21.Cl.Cl. The first-order valence-electron chi connectivity index (χ1n) is 7.49. The van der Waals surface area contributed by atoms with Crippen LogP contribution in [0.25, 0.3) is 10.9 Å². The highest BCUT2D eigenvalue weighted by Gasteiger charge is 2.21. The Bertz CT molecular complexity index is 639. The summed E-state index contributed by atoms with van der Waals surface area (Å²) < 4.78 is 7.55. The molecule has 5 nitrogen and oxygen atoms in total. The Balaban J connectivity index is 0.00000132. The number of nitrogens with one attached hydrogen (secondary N) is 2. The van der Waals surface area contributed by atoms with Crippen molar-refractivity contribution in [2.75, 3.05) is 25.1 Å². The van der Waals surface area contributed by atoms with E-state index < -0.39 is 0 Å². The number of carbonyl (C=O) groups is 1. The molecule has 1 aromatic heterocycles. The predicted molar refractivity (Wildman–Crippen MR) is 98.0 cm³/mol. The molecule has 2 N–H and O–H groups in total. The number of amides is 1. The van der Waals surface area contributed by atoms with Gasteiger partial charge >= 0.3 is 0 Å². The maximum Gasteiger partial charge on any atom is 0.243 e. The lowest BCUT2D eigenvalue weighted by Crippen LogP contribution is -2.48. The molecule has 1 atom stereocenters. The van der Waals surface area contributed by atoms with E-state index in [1.807, 2.05) is 12.1 Å². The number of morpholine rings is 1. The van der Waals surface area contributed by atoms with Crippen molar-refractivity contribution in [2.45, 2.75) is 25.9 Å². The van der Waals surface area contributed by atoms with Gasteiger partial charge in [-0.15, -0.1) is 24.8 Å². The van der Waals surface area contributed by atoms with E-state index in [1.54, 1.807) is 0 Å². The molecule has 0 saturated carbocycles. The summed E-state index contributed by atoms with van der Waals surface area (Å²) in [6.07, 6.45) is 3.20. The van der Waals surface area contributed by atoms with Crippen LogP contribution in [0.15, 0.2) is 30.5 Å². The zero-order valence-electron chi connectivity index (χ0n) is 13.1. The lowest BCUT2D eigenvalue weighted by molar-refractivity contribution is -0.120. The van der Waals surface area contributed by atoms with Gasteiger partial charge in [0.05, 0.1) is 13.2 Å². The first-order chi connectivity index (χ1) is 10.3. The Morgan fingerprint density at radius 3 is 2.91 bits per heavy atom. The Labute approximate surface area is 148 Å². The molecule has 2 heterocycles. The molecule has 3 rings (SSSR count). The number of halogens is 2.